The van der Waals surface area contributed by atoms with E-state index in [9.17, 15) is 14.7 Å². The van der Waals surface area contributed by atoms with Gasteiger partial charge in [0.05, 0.1) is 17.9 Å². The van der Waals surface area contributed by atoms with Gasteiger partial charge in [0.1, 0.15) is 12.4 Å². The number of rotatable bonds is 11. The lowest BCUT2D eigenvalue weighted by molar-refractivity contribution is -0.129. The van der Waals surface area contributed by atoms with E-state index < -0.39 is 23.5 Å². The minimum atomic E-state index is -0.743. The van der Waals surface area contributed by atoms with Crippen LogP contribution in [0.15, 0.2) is 71.1 Å². The largest absolute Gasteiger partial charge is 0.503 e. The quantitative estimate of drug-likeness (QED) is 0.437. The lowest BCUT2D eigenvalue weighted by Crippen LogP contribution is -2.38. The fraction of sp³-hybridized carbons (Fsp3) is 0.333. The summed E-state index contributed by atoms with van der Waals surface area (Å²) in [7, 11) is 0. The lowest BCUT2D eigenvalue weighted by Gasteiger charge is -2.29. The predicted molar refractivity (Wildman–Crippen MR) is 117 cm³/mol. The highest BCUT2D eigenvalue weighted by Crippen LogP contribution is 2.39. The van der Waals surface area contributed by atoms with Crippen molar-refractivity contribution in [3.05, 3.63) is 78.0 Å². The molecule has 0 unspecified atom stereocenters. The Morgan fingerprint density at radius 1 is 1.29 bits per heavy atom. The lowest BCUT2D eigenvalue weighted by atomic mass is 9.95. The maximum absolute atomic E-state index is 13.2. The molecule has 1 aromatic heterocycles. The zero-order chi connectivity index (χ0) is 22.4. The number of nitrogens with zero attached hydrogens (tertiary/aromatic N) is 2. The maximum atomic E-state index is 13.2. The molecule has 164 valence electrons. The van der Waals surface area contributed by atoms with Crippen LogP contribution in [0.3, 0.4) is 0 Å². The summed E-state index contributed by atoms with van der Waals surface area (Å²) in [5.41, 5.74) is 0.689. The Bertz CT molecular complexity index is 960. The van der Waals surface area contributed by atoms with Crippen molar-refractivity contribution in [2.45, 2.75) is 19.9 Å². The molecule has 1 aliphatic rings. The molecule has 0 spiro atoms. The van der Waals surface area contributed by atoms with E-state index in [1.54, 1.807) is 30.3 Å². The van der Waals surface area contributed by atoms with Crippen LogP contribution in [0.1, 0.15) is 36.0 Å². The molecular formula is C24H28N2O5. The zero-order valence-corrected chi connectivity index (χ0v) is 17.9. The number of Topliss-reactive ketones (excluding diaryl/α,β-unsaturated/α-hetero) is 1. The van der Waals surface area contributed by atoms with Gasteiger partial charge in [0.15, 0.2) is 11.5 Å². The number of ether oxygens (including phenoxy) is 1. The Kier molecular flexibility index (Phi) is 7.31. The third-order valence-electron chi connectivity index (χ3n) is 5.39. The van der Waals surface area contributed by atoms with E-state index >= 15 is 0 Å². The average molecular weight is 424 g/mol. The van der Waals surface area contributed by atoms with Crippen LogP contribution in [0, 0.1) is 0 Å². The summed E-state index contributed by atoms with van der Waals surface area (Å²) in [6.07, 6.45) is 3.03. The van der Waals surface area contributed by atoms with Gasteiger partial charge in [-0.25, -0.2) is 0 Å². The molecule has 0 radical (unpaired) electrons. The van der Waals surface area contributed by atoms with Gasteiger partial charge < -0.3 is 24.1 Å². The molecule has 1 amide bonds. The number of carbonyl (C=O) groups excluding carboxylic acids is 2. The van der Waals surface area contributed by atoms with E-state index in [2.05, 4.69) is 25.3 Å². The summed E-state index contributed by atoms with van der Waals surface area (Å²) in [6, 6.07) is 9.56. The molecule has 1 aliphatic heterocycles. The number of ketones is 1. The van der Waals surface area contributed by atoms with E-state index in [1.165, 1.54) is 17.2 Å². The monoisotopic (exact) mass is 424 g/mol. The highest BCUT2D eigenvalue weighted by Gasteiger charge is 2.44. The van der Waals surface area contributed by atoms with Crippen LogP contribution in [0.2, 0.25) is 0 Å². The standard InChI is InChI=1S/C24H28N2O5/c1-4-14-30-18-10-7-9-17(16-18)21-20(22(27)19-11-8-15-31-19)23(28)24(29)26(21)13-12-25(5-2)6-3/h4,7-11,15-16,21,28H,1,5-6,12-14H2,2-3H3/t21-/m0/s1. The number of amides is 1. The Morgan fingerprint density at radius 2 is 2.06 bits per heavy atom. The zero-order valence-electron chi connectivity index (χ0n) is 17.9. The number of carbonyl (C=O) groups is 2. The molecule has 0 bridgehead atoms. The summed E-state index contributed by atoms with van der Waals surface area (Å²) >= 11 is 0. The summed E-state index contributed by atoms with van der Waals surface area (Å²) in [5, 5.41) is 10.7. The van der Waals surface area contributed by atoms with Gasteiger partial charge in [-0.15, -0.1) is 0 Å². The summed E-state index contributed by atoms with van der Waals surface area (Å²) in [6.45, 7) is 10.7. The Morgan fingerprint density at radius 3 is 2.71 bits per heavy atom. The van der Waals surface area contributed by atoms with E-state index in [-0.39, 0.29) is 11.3 Å². The highest BCUT2D eigenvalue weighted by molar-refractivity contribution is 6.15. The first-order valence-electron chi connectivity index (χ1n) is 10.4. The van der Waals surface area contributed by atoms with Crippen LogP contribution in [0.5, 0.6) is 5.75 Å². The molecule has 2 aromatic rings. The maximum Gasteiger partial charge on any atom is 0.290 e. The van der Waals surface area contributed by atoms with Crippen molar-refractivity contribution < 1.29 is 23.8 Å². The summed E-state index contributed by atoms with van der Waals surface area (Å²) in [5.74, 6) is -0.954. The SMILES string of the molecule is C=CCOc1cccc([C@H]2C(C(=O)c3ccco3)=C(O)C(=O)N2CCN(CC)CC)c1. The highest BCUT2D eigenvalue weighted by atomic mass is 16.5. The molecule has 2 heterocycles. The molecule has 7 nitrogen and oxygen atoms in total. The van der Waals surface area contributed by atoms with Crippen LogP contribution >= 0.6 is 0 Å². The molecule has 31 heavy (non-hydrogen) atoms. The van der Waals surface area contributed by atoms with Crippen molar-refractivity contribution in [2.24, 2.45) is 0 Å². The molecule has 3 rings (SSSR count). The molecule has 7 heteroatoms. The third kappa shape index (κ3) is 4.72. The van der Waals surface area contributed by atoms with Crippen molar-refractivity contribution in [1.82, 2.24) is 9.80 Å². The summed E-state index contributed by atoms with van der Waals surface area (Å²) in [4.78, 5) is 29.9. The minimum Gasteiger partial charge on any atom is -0.503 e. The van der Waals surface area contributed by atoms with Crippen LogP contribution < -0.4 is 4.74 Å². The minimum absolute atomic E-state index is 0.0142. The van der Waals surface area contributed by atoms with E-state index in [0.29, 0.717) is 31.0 Å². The Balaban J connectivity index is 2.01. The number of likely N-dealkylation sites (N-methyl/N-ethyl adjacent to an activating group) is 1. The number of hydrogen-bond donors (Lipinski definition) is 1. The molecule has 1 atom stereocenters. The van der Waals surface area contributed by atoms with Crippen molar-refractivity contribution in [3.63, 3.8) is 0 Å². The van der Waals surface area contributed by atoms with E-state index in [0.717, 1.165) is 13.1 Å². The van der Waals surface area contributed by atoms with Crippen LogP contribution in [-0.2, 0) is 4.79 Å². The number of aliphatic hydroxyl groups is 1. The first kappa shape index (κ1) is 22.4. The topological polar surface area (TPSA) is 83.2 Å². The Labute approximate surface area is 182 Å². The van der Waals surface area contributed by atoms with Gasteiger partial charge in [0.2, 0.25) is 5.78 Å². The van der Waals surface area contributed by atoms with Gasteiger partial charge in [0.25, 0.3) is 5.91 Å². The molecule has 1 aromatic carbocycles. The normalized spacial score (nSPS) is 16.3. The number of benzene rings is 1. The molecular weight excluding hydrogens is 396 g/mol. The second-order valence-electron chi connectivity index (χ2n) is 7.17. The van der Waals surface area contributed by atoms with Gasteiger partial charge in [-0.3, -0.25) is 9.59 Å². The van der Waals surface area contributed by atoms with E-state index in [4.69, 9.17) is 9.15 Å². The second kappa shape index (κ2) is 10.1. The van der Waals surface area contributed by atoms with Crippen molar-refractivity contribution in [3.8, 4) is 5.75 Å². The second-order valence-corrected chi connectivity index (χ2v) is 7.17. The van der Waals surface area contributed by atoms with Crippen molar-refractivity contribution in [1.29, 1.82) is 0 Å². The molecule has 0 aliphatic carbocycles. The van der Waals surface area contributed by atoms with Crippen molar-refractivity contribution in [2.75, 3.05) is 32.8 Å². The molecule has 0 saturated carbocycles. The van der Waals surface area contributed by atoms with Gasteiger partial charge >= 0.3 is 0 Å². The number of aliphatic hydroxyl groups excluding tert-OH is 1. The fourth-order valence-corrected chi connectivity index (χ4v) is 3.72. The number of hydrogen-bond acceptors (Lipinski definition) is 6. The van der Waals surface area contributed by atoms with Gasteiger partial charge in [-0.1, -0.05) is 38.6 Å². The number of furan rings is 1. The third-order valence-corrected chi connectivity index (χ3v) is 5.39. The fourth-order valence-electron chi connectivity index (χ4n) is 3.72. The van der Waals surface area contributed by atoms with Gasteiger partial charge in [-0.2, -0.15) is 0 Å². The summed E-state index contributed by atoms with van der Waals surface area (Å²) < 4.78 is 10.9. The molecule has 0 saturated heterocycles. The Hall–Kier alpha value is -3.32. The van der Waals surface area contributed by atoms with Crippen LogP contribution in [0.25, 0.3) is 0 Å². The average Bonchev–Trinajstić information content (AvgIpc) is 3.41. The van der Waals surface area contributed by atoms with Crippen LogP contribution in [-0.4, -0.2) is 59.4 Å². The molecule has 0 fully saturated rings. The smallest absolute Gasteiger partial charge is 0.290 e. The predicted octanol–water partition coefficient (Wildman–Crippen LogP) is 3.76. The first-order chi connectivity index (χ1) is 15.0. The van der Waals surface area contributed by atoms with Gasteiger partial charge in [0, 0.05) is 13.1 Å². The molecule has 1 N–H and O–H groups in total. The van der Waals surface area contributed by atoms with E-state index in [1.807, 2.05) is 6.07 Å². The first-order valence-corrected chi connectivity index (χ1v) is 10.4. The van der Waals surface area contributed by atoms with Gasteiger partial charge in [-0.05, 0) is 42.9 Å². The van der Waals surface area contributed by atoms with Crippen molar-refractivity contribution >= 4 is 11.7 Å². The van der Waals surface area contributed by atoms with Crippen LogP contribution in [0.4, 0.5) is 0 Å².